The summed E-state index contributed by atoms with van der Waals surface area (Å²) in [5, 5.41) is 7.27. The van der Waals surface area contributed by atoms with Gasteiger partial charge in [0.1, 0.15) is 11.5 Å². The Balaban J connectivity index is 1.66. The average Bonchev–Trinajstić information content (AvgIpc) is 3.27. The van der Waals surface area contributed by atoms with E-state index in [9.17, 15) is 4.79 Å². The number of likely N-dealkylation sites (N-methyl/N-ethyl adjacent to an activating group) is 1. The molecule has 0 bridgehead atoms. The number of amides is 2. The van der Waals surface area contributed by atoms with Gasteiger partial charge in [0, 0.05) is 32.8 Å². The van der Waals surface area contributed by atoms with Crippen LogP contribution in [0.1, 0.15) is 19.8 Å². The molecule has 1 fully saturated rings. The summed E-state index contributed by atoms with van der Waals surface area (Å²) in [6, 6.07) is 5.31. The number of rotatable bonds is 5. The zero-order chi connectivity index (χ0) is 16.2. The predicted octanol–water partition coefficient (Wildman–Crippen LogP) is 2.71. The molecule has 0 aromatic carbocycles. The summed E-state index contributed by atoms with van der Waals surface area (Å²) in [5.41, 5.74) is 0.690. The quantitative estimate of drug-likeness (QED) is 0.920. The van der Waals surface area contributed by atoms with Crippen LogP contribution in [0.4, 0.5) is 10.6 Å². The number of carbonyl (C=O) groups excluding carboxylic acids is 1. The van der Waals surface area contributed by atoms with Crippen molar-refractivity contribution < 1.29 is 13.9 Å². The van der Waals surface area contributed by atoms with Crippen molar-refractivity contribution >= 4 is 11.8 Å². The first-order chi connectivity index (χ1) is 11.2. The predicted molar refractivity (Wildman–Crippen MR) is 86.1 cm³/mol. The van der Waals surface area contributed by atoms with E-state index in [0.717, 1.165) is 19.4 Å². The van der Waals surface area contributed by atoms with Gasteiger partial charge in [0.15, 0.2) is 5.76 Å². The van der Waals surface area contributed by atoms with Gasteiger partial charge in [-0.2, -0.15) is 5.10 Å². The first kappa shape index (κ1) is 15.6. The van der Waals surface area contributed by atoms with E-state index in [0.29, 0.717) is 30.4 Å². The lowest BCUT2D eigenvalue weighted by Crippen LogP contribution is -2.40. The molecule has 0 radical (unpaired) electrons. The molecule has 2 aromatic rings. The highest BCUT2D eigenvalue weighted by Gasteiger charge is 2.22. The topological polar surface area (TPSA) is 72.5 Å². The number of aromatic nitrogens is 2. The Hall–Kier alpha value is -2.28. The van der Waals surface area contributed by atoms with Crippen LogP contribution in [0.5, 0.6) is 0 Å². The van der Waals surface area contributed by atoms with E-state index in [1.807, 2.05) is 19.1 Å². The van der Waals surface area contributed by atoms with Gasteiger partial charge in [-0.25, -0.2) is 4.79 Å². The fraction of sp³-hybridized carbons (Fsp3) is 0.500. The van der Waals surface area contributed by atoms with Gasteiger partial charge in [-0.05, 0) is 31.9 Å². The Morgan fingerprint density at radius 3 is 3.09 bits per heavy atom. The lowest BCUT2D eigenvalue weighted by molar-refractivity contribution is 0.0849. The van der Waals surface area contributed by atoms with Gasteiger partial charge < -0.3 is 14.1 Å². The minimum Gasteiger partial charge on any atom is -0.463 e. The molecule has 1 N–H and O–H groups in total. The van der Waals surface area contributed by atoms with Crippen LogP contribution in [0.25, 0.3) is 11.5 Å². The zero-order valence-corrected chi connectivity index (χ0v) is 13.5. The Kier molecular flexibility index (Phi) is 4.66. The molecular weight excluding hydrogens is 296 g/mol. The van der Waals surface area contributed by atoms with E-state index in [4.69, 9.17) is 9.15 Å². The number of carbonyl (C=O) groups is 1. The second-order valence-electron chi connectivity index (χ2n) is 5.62. The molecule has 23 heavy (non-hydrogen) atoms. The molecule has 2 amide bonds. The molecule has 3 heterocycles. The fourth-order valence-corrected chi connectivity index (χ4v) is 2.71. The molecule has 0 unspecified atom stereocenters. The largest absolute Gasteiger partial charge is 0.463 e. The first-order valence-corrected chi connectivity index (χ1v) is 7.93. The molecule has 0 spiro atoms. The second-order valence-corrected chi connectivity index (χ2v) is 5.62. The van der Waals surface area contributed by atoms with Crippen molar-refractivity contribution in [2.45, 2.75) is 25.9 Å². The number of nitrogens with zero attached hydrogens (tertiary/aromatic N) is 3. The van der Waals surface area contributed by atoms with Crippen LogP contribution in [0.15, 0.2) is 28.9 Å². The Bertz CT molecular complexity index is 644. The number of anilines is 1. The van der Waals surface area contributed by atoms with Crippen molar-refractivity contribution in [3.8, 4) is 11.5 Å². The highest BCUT2D eigenvalue weighted by atomic mass is 16.5. The molecule has 0 saturated carbocycles. The molecule has 7 heteroatoms. The standard InChI is InChI=1S/C16H22N4O3/c1-3-20(11-12-6-4-8-22-12)16(21)17-15-10-13(18-19(15)2)14-7-5-9-23-14/h5,7,9-10,12H,3-4,6,8,11H2,1-2H3,(H,17,21)/t12-/m1/s1. The van der Waals surface area contributed by atoms with E-state index < -0.39 is 0 Å². The van der Waals surface area contributed by atoms with Crippen molar-refractivity contribution in [3.05, 3.63) is 24.5 Å². The number of urea groups is 1. The zero-order valence-electron chi connectivity index (χ0n) is 13.5. The molecule has 0 aliphatic carbocycles. The molecule has 1 atom stereocenters. The van der Waals surface area contributed by atoms with Crippen molar-refractivity contribution in [1.29, 1.82) is 0 Å². The smallest absolute Gasteiger partial charge is 0.323 e. The normalized spacial score (nSPS) is 17.4. The Morgan fingerprint density at radius 1 is 1.57 bits per heavy atom. The maximum Gasteiger partial charge on any atom is 0.323 e. The SMILES string of the molecule is CCN(C[C@H]1CCCO1)C(=O)Nc1cc(-c2ccco2)nn1C. The third-order valence-electron chi connectivity index (χ3n) is 4.01. The van der Waals surface area contributed by atoms with E-state index in [1.54, 1.807) is 29.0 Å². The van der Waals surface area contributed by atoms with Gasteiger partial charge in [0.25, 0.3) is 0 Å². The van der Waals surface area contributed by atoms with Gasteiger partial charge >= 0.3 is 6.03 Å². The summed E-state index contributed by atoms with van der Waals surface area (Å²) >= 11 is 0. The minimum atomic E-state index is -0.142. The summed E-state index contributed by atoms with van der Waals surface area (Å²) in [4.78, 5) is 14.2. The highest BCUT2D eigenvalue weighted by molar-refractivity contribution is 5.89. The minimum absolute atomic E-state index is 0.142. The van der Waals surface area contributed by atoms with E-state index in [1.165, 1.54) is 0 Å². The molecule has 1 aliphatic heterocycles. The second kappa shape index (κ2) is 6.87. The fourth-order valence-electron chi connectivity index (χ4n) is 2.71. The molecule has 3 rings (SSSR count). The van der Waals surface area contributed by atoms with Gasteiger partial charge in [0.2, 0.25) is 0 Å². The highest BCUT2D eigenvalue weighted by Crippen LogP contribution is 2.22. The van der Waals surface area contributed by atoms with E-state index >= 15 is 0 Å². The van der Waals surface area contributed by atoms with Crippen LogP contribution in [0.3, 0.4) is 0 Å². The Morgan fingerprint density at radius 2 is 2.43 bits per heavy atom. The number of ether oxygens (including phenoxy) is 1. The summed E-state index contributed by atoms with van der Waals surface area (Å²) in [6.07, 6.45) is 3.82. The van der Waals surface area contributed by atoms with Crippen molar-refractivity contribution in [2.75, 3.05) is 25.0 Å². The van der Waals surface area contributed by atoms with Crippen LogP contribution < -0.4 is 5.32 Å². The van der Waals surface area contributed by atoms with Crippen LogP contribution in [-0.2, 0) is 11.8 Å². The number of nitrogens with one attached hydrogen (secondary N) is 1. The molecule has 1 aliphatic rings. The van der Waals surface area contributed by atoms with E-state index in [-0.39, 0.29) is 12.1 Å². The van der Waals surface area contributed by atoms with Gasteiger partial charge in [-0.1, -0.05) is 0 Å². The Labute approximate surface area is 135 Å². The lowest BCUT2D eigenvalue weighted by Gasteiger charge is -2.24. The van der Waals surface area contributed by atoms with Crippen LogP contribution >= 0.6 is 0 Å². The number of hydrogen-bond acceptors (Lipinski definition) is 4. The number of aryl methyl sites for hydroxylation is 1. The van der Waals surface area contributed by atoms with Gasteiger partial charge in [0.05, 0.1) is 12.4 Å². The molecule has 7 nitrogen and oxygen atoms in total. The van der Waals surface area contributed by atoms with Gasteiger partial charge in [-0.15, -0.1) is 0 Å². The molecule has 1 saturated heterocycles. The monoisotopic (exact) mass is 318 g/mol. The van der Waals surface area contributed by atoms with Crippen LogP contribution in [-0.4, -0.2) is 46.5 Å². The number of furan rings is 1. The maximum atomic E-state index is 12.5. The van der Waals surface area contributed by atoms with Crippen molar-refractivity contribution in [1.82, 2.24) is 14.7 Å². The van der Waals surface area contributed by atoms with Crippen molar-refractivity contribution in [3.63, 3.8) is 0 Å². The number of hydrogen-bond donors (Lipinski definition) is 1. The first-order valence-electron chi connectivity index (χ1n) is 7.93. The summed E-state index contributed by atoms with van der Waals surface area (Å²) < 4.78 is 12.6. The molecular formula is C16H22N4O3. The summed E-state index contributed by atoms with van der Waals surface area (Å²) in [7, 11) is 1.79. The van der Waals surface area contributed by atoms with Crippen LogP contribution in [0, 0.1) is 0 Å². The van der Waals surface area contributed by atoms with Gasteiger partial charge in [-0.3, -0.25) is 10.00 Å². The molecule has 2 aromatic heterocycles. The lowest BCUT2D eigenvalue weighted by atomic mass is 10.2. The summed E-state index contributed by atoms with van der Waals surface area (Å²) in [6.45, 7) is 4.00. The molecule has 124 valence electrons. The third kappa shape index (κ3) is 3.56. The third-order valence-corrected chi connectivity index (χ3v) is 4.01. The summed E-state index contributed by atoms with van der Waals surface area (Å²) in [5.74, 6) is 1.31. The van der Waals surface area contributed by atoms with Crippen molar-refractivity contribution in [2.24, 2.45) is 7.05 Å². The van der Waals surface area contributed by atoms with E-state index in [2.05, 4.69) is 10.4 Å². The maximum absolute atomic E-state index is 12.5. The average molecular weight is 318 g/mol. The van der Waals surface area contributed by atoms with Crippen LogP contribution in [0.2, 0.25) is 0 Å².